The monoisotopic (exact) mass is 337 g/mol. The fourth-order valence-electron chi connectivity index (χ4n) is 3.09. The van der Waals surface area contributed by atoms with Gasteiger partial charge < -0.3 is 9.73 Å². The zero-order valence-electron chi connectivity index (χ0n) is 12.6. The minimum atomic E-state index is 0.653. The van der Waals surface area contributed by atoms with E-state index in [1.807, 2.05) is 18.2 Å². The Bertz CT molecular complexity index is 617. The molecule has 0 radical (unpaired) electrons. The maximum absolute atomic E-state index is 6.21. The second kappa shape index (κ2) is 7.54. The molecule has 22 heavy (non-hydrogen) atoms. The first-order valence-electron chi connectivity index (χ1n) is 7.97. The normalized spacial score (nSPS) is 16.1. The Hall–Kier alpha value is -0.960. The van der Waals surface area contributed by atoms with Gasteiger partial charge in [-0.15, -0.1) is 0 Å². The van der Waals surface area contributed by atoms with E-state index in [4.69, 9.17) is 27.6 Å². The molecule has 4 heteroatoms. The van der Waals surface area contributed by atoms with E-state index in [2.05, 4.69) is 5.32 Å². The Morgan fingerprint density at radius 3 is 2.68 bits per heavy atom. The van der Waals surface area contributed by atoms with Crippen molar-refractivity contribution in [1.29, 1.82) is 0 Å². The number of furan rings is 1. The number of rotatable bonds is 5. The first-order chi connectivity index (χ1) is 10.7. The molecule has 0 unspecified atom stereocenters. The van der Waals surface area contributed by atoms with Crippen molar-refractivity contribution in [3.8, 4) is 11.3 Å². The molecule has 1 aliphatic carbocycles. The molecule has 1 aliphatic rings. The van der Waals surface area contributed by atoms with Crippen molar-refractivity contribution in [2.45, 2.75) is 38.6 Å². The van der Waals surface area contributed by atoms with Crippen LogP contribution in [0.1, 0.15) is 37.9 Å². The molecule has 1 saturated carbocycles. The van der Waals surface area contributed by atoms with E-state index in [-0.39, 0.29) is 0 Å². The van der Waals surface area contributed by atoms with Crippen LogP contribution in [-0.4, -0.2) is 6.54 Å². The van der Waals surface area contributed by atoms with Crippen molar-refractivity contribution in [3.05, 3.63) is 46.1 Å². The van der Waals surface area contributed by atoms with Gasteiger partial charge in [0.1, 0.15) is 11.5 Å². The predicted octanol–water partition coefficient (Wildman–Crippen LogP) is 5.92. The van der Waals surface area contributed by atoms with Crippen LogP contribution in [0.3, 0.4) is 0 Å². The molecule has 1 aromatic heterocycles. The molecule has 1 heterocycles. The molecule has 1 fully saturated rings. The van der Waals surface area contributed by atoms with Crippen LogP contribution in [0.25, 0.3) is 11.3 Å². The fourth-order valence-corrected chi connectivity index (χ4v) is 3.48. The molecule has 0 aliphatic heterocycles. The quantitative estimate of drug-likeness (QED) is 0.732. The summed E-state index contributed by atoms with van der Waals surface area (Å²) in [6.45, 7) is 1.84. The highest BCUT2D eigenvalue weighted by molar-refractivity contribution is 6.35. The Balaban J connectivity index is 1.58. The van der Waals surface area contributed by atoms with E-state index in [0.717, 1.165) is 36.1 Å². The molecule has 2 aromatic rings. The van der Waals surface area contributed by atoms with Crippen LogP contribution in [0.5, 0.6) is 0 Å². The average Bonchev–Trinajstić information content (AvgIpc) is 2.99. The lowest BCUT2D eigenvalue weighted by Gasteiger charge is -2.21. The summed E-state index contributed by atoms with van der Waals surface area (Å²) in [4.78, 5) is 0. The molecule has 0 saturated heterocycles. The summed E-state index contributed by atoms with van der Waals surface area (Å²) in [5, 5.41) is 4.82. The van der Waals surface area contributed by atoms with Crippen molar-refractivity contribution < 1.29 is 4.42 Å². The largest absolute Gasteiger partial charge is 0.460 e. The Morgan fingerprint density at radius 2 is 1.86 bits per heavy atom. The molecule has 118 valence electrons. The molecule has 0 spiro atoms. The van der Waals surface area contributed by atoms with Gasteiger partial charge in [0.05, 0.1) is 11.6 Å². The number of nitrogens with one attached hydrogen (secondary N) is 1. The van der Waals surface area contributed by atoms with Crippen LogP contribution in [0, 0.1) is 5.92 Å². The second-order valence-corrected chi connectivity index (χ2v) is 6.87. The zero-order valence-corrected chi connectivity index (χ0v) is 14.1. The molecule has 1 aromatic carbocycles. The minimum absolute atomic E-state index is 0.653. The van der Waals surface area contributed by atoms with Gasteiger partial charge >= 0.3 is 0 Å². The Morgan fingerprint density at radius 1 is 1.05 bits per heavy atom. The summed E-state index contributed by atoms with van der Waals surface area (Å²) in [5.74, 6) is 2.52. The topological polar surface area (TPSA) is 25.2 Å². The maximum Gasteiger partial charge on any atom is 0.135 e. The third-order valence-corrected chi connectivity index (χ3v) is 4.88. The highest BCUT2D eigenvalue weighted by Gasteiger charge is 2.13. The Labute approximate surface area is 141 Å². The lowest BCUT2D eigenvalue weighted by molar-refractivity contribution is 0.337. The van der Waals surface area contributed by atoms with Gasteiger partial charge in [-0.25, -0.2) is 0 Å². The zero-order chi connectivity index (χ0) is 15.4. The minimum Gasteiger partial charge on any atom is -0.460 e. The average molecular weight is 338 g/mol. The van der Waals surface area contributed by atoms with E-state index < -0.39 is 0 Å². The van der Waals surface area contributed by atoms with E-state index in [1.54, 1.807) is 12.1 Å². The van der Waals surface area contributed by atoms with Gasteiger partial charge in [0, 0.05) is 10.6 Å². The summed E-state index contributed by atoms with van der Waals surface area (Å²) >= 11 is 12.2. The van der Waals surface area contributed by atoms with Gasteiger partial charge in [-0.1, -0.05) is 42.5 Å². The molecular weight excluding hydrogens is 317 g/mol. The van der Waals surface area contributed by atoms with Crippen molar-refractivity contribution in [2.24, 2.45) is 5.92 Å². The van der Waals surface area contributed by atoms with Crippen molar-refractivity contribution in [1.82, 2.24) is 5.32 Å². The molecular formula is C18H21Cl2NO. The number of halogens is 2. The maximum atomic E-state index is 6.21. The van der Waals surface area contributed by atoms with Crippen molar-refractivity contribution in [2.75, 3.05) is 6.54 Å². The van der Waals surface area contributed by atoms with Crippen LogP contribution in [-0.2, 0) is 6.54 Å². The molecule has 2 nitrogen and oxygen atoms in total. The van der Waals surface area contributed by atoms with Crippen LogP contribution in [0.4, 0.5) is 0 Å². The first kappa shape index (κ1) is 15.9. The van der Waals surface area contributed by atoms with Gasteiger partial charge in [0.25, 0.3) is 0 Å². The van der Waals surface area contributed by atoms with Crippen LogP contribution >= 0.6 is 23.2 Å². The third-order valence-electron chi connectivity index (χ3n) is 4.31. The molecule has 3 rings (SSSR count). The summed E-state index contributed by atoms with van der Waals surface area (Å²) < 4.78 is 5.89. The van der Waals surface area contributed by atoms with Crippen LogP contribution < -0.4 is 5.32 Å². The van der Waals surface area contributed by atoms with E-state index >= 15 is 0 Å². The van der Waals surface area contributed by atoms with E-state index in [0.29, 0.717) is 10.0 Å². The fraction of sp³-hybridized carbons (Fsp3) is 0.444. The smallest absolute Gasteiger partial charge is 0.135 e. The summed E-state index contributed by atoms with van der Waals surface area (Å²) in [6.07, 6.45) is 6.87. The lowest BCUT2D eigenvalue weighted by atomic mass is 9.89. The summed E-state index contributed by atoms with van der Waals surface area (Å²) in [5.41, 5.74) is 0.840. The SMILES string of the molecule is Clc1ccc(Cl)c(-c2ccc(CNCC3CCCCC3)o2)c1. The first-order valence-corrected chi connectivity index (χ1v) is 8.73. The Kier molecular flexibility index (Phi) is 5.46. The van der Waals surface area contributed by atoms with E-state index in [1.165, 1.54) is 32.1 Å². The number of hydrogen-bond donors (Lipinski definition) is 1. The summed E-state index contributed by atoms with van der Waals surface area (Å²) in [7, 11) is 0. The summed E-state index contributed by atoms with van der Waals surface area (Å²) in [6, 6.07) is 9.36. The van der Waals surface area contributed by atoms with Crippen molar-refractivity contribution in [3.63, 3.8) is 0 Å². The van der Waals surface area contributed by atoms with Crippen LogP contribution in [0.15, 0.2) is 34.7 Å². The van der Waals surface area contributed by atoms with Crippen molar-refractivity contribution >= 4 is 23.2 Å². The van der Waals surface area contributed by atoms with Gasteiger partial charge in [-0.3, -0.25) is 0 Å². The molecule has 0 atom stereocenters. The molecule has 0 amide bonds. The third kappa shape index (κ3) is 4.07. The second-order valence-electron chi connectivity index (χ2n) is 6.03. The van der Waals surface area contributed by atoms with Crippen LogP contribution in [0.2, 0.25) is 10.0 Å². The van der Waals surface area contributed by atoms with Gasteiger partial charge in [0.2, 0.25) is 0 Å². The molecule has 1 N–H and O–H groups in total. The van der Waals surface area contributed by atoms with E-state index in [9.17, 15) is 0 Å². The predicted molar refractivity (Wildman–Crippen MR) is 92.4 cm³/mol. The standard InChI is InChI=1S/C18H21Cl2NO/c19-14-6-8-17(20)16(10-14)18-9-7-15(22-18)12-21-11-13-4-2-1-3-5-13/h6-10,13,21H,1-5,11-12H2. The number of hydrogen-bond acceptors (Lipinski definition) is 2. The molecule has 0 bridgehead atoms. The number of benzene rings is 1. The highest BCUT2D eigenvalue weighted by atomic mass is 35.5. The highest BCUT2D eigenvalue weighted by Crippen LogP contribution is 2.31. The van der Waals surface area contributed by atoms with Gasteiger partial charge in [-0.05, 0) is 55.6 Å². The van der Waals surface area contributed by atoms with Gasteiger partial charge in [-0.2, -0.15) is 0 Å². The lowest BCUT2D eigenvalue weighted by Crippen LogP contribution is -2.23. The van der Waals surface area contributed by atoms with Gasteiger partial charge in [0.15, 0.2) is 0 Å².